The van der Waals surface area contributed by atoms with Crippen molar-refractivity contribution in [2.75, 3.05) is 19.0 Å². The van der Waals surface area contributed by atoms with Crippen molar-refractivity contribution in [2.45, 2.75) is 0 Å². The van der Waals surface area contributed by atoms with Crippen LogP contribution in [0.15, 0.2) is 18.7 Å². The van der Waals surface area contributed by atoms with Crippen LogP contribution in [0.5, 0.6) is 0 Å². The third-order valence-corrected chi connectivity index (χ3v) is 1.72. The lowest BCUT2D eigenvalue weighted by atomic mass is 10.1. The molecule has 0 N–H and O–H groups in total. The quantitative estimate of drug-likeness (QED) is 0.681. The van der Waals surface area contributed by atoms with Gasteiger partial charge in [-0.05, 0) is 6.07 Å². The summed E-state index contributed by atoms with van der Waals surface area (Å²) >= 11 is 0. The van der Waals surface area contributed by atoms with Gasteiger partial charge in [0.05, 0.1) is 5.69 Å². The summed E-state index contributed by atoms with van der Waals surface area (Å²) in [6.45, 7) is 3.50. The molecule has 0 saturated heterocycles. The van der Waals surface area contributed by atoms with Crippen LogP contribution in [0.3, 0.4) is 0 Å². The van der Waals surface area contributed by atoms with E-state index in [1.54, 1.807) is 19.0 Å². The summed E-state index contributed by atoms with van der Waals surface area (Å²) in [5.41, 5.74) is 0.818. The molecule has 0 aliphatic heterocycles. The fourth-order valence-electron chi connectivity index (χ4n) is 1.21. The molecular formula is C10H11F2N. The van der Waals surface area contributed by atoms with E-state index in [2.05, 4.69) is 6.58 Å². The van der Waals surface area contributed by atoms with Gasteiger partial charge in [-0.15, -0.1) is 0 Å². The third-order valence-electron chi connectivity index (χ3n) is 1.72. The molecule has 0 aliphatic carbocycles. The number of rotatable bonds is 2. The van der Waals surface area contributed by atoms with Crippen LogP contribution in [-0.4, -0.2) is 14.1 Å². The van der Waals surface area contributed by atoms with E-state index in [0.29, 0.717) is 11.3 Å². The van der Waals surface area contributed by atoms with Crippen LogP contribution >= 0.6 is 0 Å². The molecule has 0 heterocycles. The molecule has 0 radical (unpaired) electrons. The van der Waals surface area contributed by atoms with Gasteiger partial charge in [-0.2, -0.15) is 0 Å². The van der Waals surface area contributed by atoms with E-state index in [0.717, 1.165) is 6.07 Å². The molecule has 1 nitrogen and oxygen atoms in total. The molecule has 1 rings (SSSR count). The van der Waals surface area contributed by atoms with Crippen LogP contribution in [-0.2, 0) is 0 Å². The fraction of sp³-hybridized carbons (Fsp3) is 0.200. The van der Waals surface area contributed by atoms with Gasteiger partial charge in [0.15, 0.2) is 0 Å². The van der Waals surface area contributed by atoms with E-state index in [9.17, 15) is 8.78 Å². The average Bonchev–Trinajstić information content (AvgIpc) is 2.01. The Labute approximate surface area is 76.3 Å². The highest BCUT2D eigenvalue weighted by Gasteiger charge is 2.10. The molecule has 70 valence electrons. The highest BCUT2D eigenvalue weighted by molar-refractivity contribution is 5.67. The molecule has 0 amide bonds. The van der Waals surface area contributed by atoms with Crippen LogP contribution in [0.25, 0.3) is 6.08 Å². The number of hydrogen-bond acceptors (Lipinski definition) is 1. The van der Waals surface area contributed by atoms with Gasteiger partial charge in [0.25, 0.3) is 0 Å². The highest BCUT2D eigenvalue weighted by Crippen LogP contribution is 2.24. The number of halogens is 2. The lowest BCUT2D eigenvalue weighted by Crippen LogP contribution is -2.12. The van der Waals surface area contributed by atoms with Gasteiger partial charge in [-0.25, -0.2) is 8.78 Å². The topological polar surface area (TPSA) is 3.24 Å². The van der Waals surface area contributed by atoms with E-state index >= 15 is 0 Å². The Morgan fingerprint density at radius 2 is 1.92 bits per heavy atom. The van der Waals surface area contributed by atoms with Crippen LogP contribution in [0.4, 0.5) is 14.5 Å². The van der Waals surface area contributed by atoms with Crippen molar-refractivity contribution >= 4 is 11.8 Å². The van der Waals surface area contributed by atoms with Gasteiger partial charge in [-0.3, -0.25) is 0 Å². The zero-order valence-electron chi connectivity index (χ0n) is 7.64. The summed E-state index contributed by atoms with van der Waals surface area (Å²) < 4.78 is 26.0. The average molecular weight is 183 g/mol. The molecule has 0 saturated carbocycles. The van der Waals surface area contributed by atoms with Gasteiger partial charge < -0.3 is 4.90 Å². The van der Waals surface area contributed by atoms with Gasteiger partial charge in [0, 0.05) is 25.7 Å². The van der Waals surface area contributed by atoms with E-state index < -0.39 is 11.6 Å². The Hall–Kier alpha value is -1.38. The van der Waals surface area contributed by atoms with E-state index in [1.807, 2.05) is 0 Å². The molecule has 0 bridgehead atoms. The molecule has 1 aromatic rings. The number of benzene rings is 1. The molecular weight excluding hydrogens is 172 g/mol. The Bertz CT molecular complexity index is 332. The summed E-state index contributed by atoms with van der Waals surface area (Å²) in [4.78, 5) is 1.59. The standard InChI is InChI=1S/C10H11F2N/c1-4-7-5-8(11)6-9(12)10(7)13(2)3/h4-6H,1H2,2-3H3. The van der Waals surface area contributed by atoms with Gasteiger partial charge in [-0.1, -0.05) is 12.7 Å². The summed E-state index contributed by atoms with van der Waals surface area (Å²) in [5.74, 6) is -1.15. The van der Waals surface area contributed by atoms with Crippen LogP contribution < -0.4 is 4.90 Å². The molecule has 1 aromatic carbocycles. The van der Waals surface area contributed by atoms with Gasteiger partial charge in [0.1, 0.15) is 11.6 Å². The Morgan fingerprint density at radius 3 is 2.38 bits per heavy atom. The van der Waals surface area contributed by atoms with Gasteiger partial charge in [0.2, 0.25) is 0 Å². The molecule has 0 spiro atoms. The minimum absolute atomic E-state index is 0.358. The van der Waals surface area contributed by atoms with Crippen molar-refractivity contribution in [3.8, 4) is 0 Å². The van der Waals surface area contributed by atoms with Crippen molar-refractivity contribution in [1.82, 2.24) is 0 Å². The predicted octanol–water partition coefficient (Wildman–Crippen LogP) is 2.67. The van der Waals surface area contributed by atoms with Crippen molar-refractivity contribution in [2.24, 2.45) is 0 Å². The number of nitrogens with zero attached hydrogens (tertiary/aromatic N) is 1. The minimum Gasteiger partial charge on any atom is -0.375 e. The van der Waals surface area contributed by atoms with Crippen LogP contribution in [0.1, 0.15) is 5.56 Å². The summed E-state index contributed by atoms with van der Waals surface area (Å²) in [7, 11) is 3.40. The molecule has 0 aromatic heterocycles. The maximum absolute atomic E-state index is 13.2. The first-order chi connectivity index (χ1) is 6.06. The van der Waals surface area contributed by atoms with Crippen LogP contribution in [0, 0.1) is 11.6 Å². The predicted molar refractivity (Wildman–Crippen MR) is 50.8 cm³/mol. The van der Waals surface area contributed by atoms with Crippen molar-refractivity contribution in [3.05, 3.63) is 35.9 Å². The molecule has 0 unspecified atom stereocenters. The van der Waals surface area contributed by atoms with Crippen LogP contribution in [0.2, 0.25) is 0 Å². The smallest absolute Gasteiger partial charge is 0.149 e. The van der Waals surface area contributed by atoms with E-state index in [4.69, 9.17) is 0 Å². The first-order valence-electron chi connectivity index (χ1n) is 3.85. The second-order valence-electron chi connectivity index (χ2n) is 2.92. The van der Waals surface area contributed by atoms with Gasteiger partial charge >= 0.3 is 0 Å². The van der Waals surface area contributed by atoms with Crippen molar-refractivity contribution < 1.29 is 8.78 Å². The first kappa shape index (κ1) is 9.71. The Morgan fingerprint density at radius 1 is 1.31 bits per heavy atom. The maximum Gasteiger partial charge on any atom is 0.149 e. The SMILES string of the molecule is C=Cc1cc(F)cc(F)c1N(C)C. The monoisotopic (exact) mass is 183 g/mol. The molecule has 0 atom stereocenters. The highest BCUT2D eigenvalue weighted by atomic mass is 19.1. The maximum atomic E-state index is 13.2. The molecule has 0 fully saturated rings. The largest absolute Gasteiger partial charge is 0.375 e. The lowest BCUT2D eigenvalue weighted by molar-refractivity contribution is 0.582. The molecule has 3 heteroatoms. The minimum atomic E-state index is -0.585. The van der Waals surface area contributed by atoms with E-state index in [1.165, 1.54) is 12.1 Å². The van der Waals surface area contributed by atoms with E-state index in [-0.39, 0.29) is 0 Å². The zero-order valence-corrected chi connectivity index (χ0v) is 7.64. The third kappa shape index (κ3) is 1.86. The summed E-state index contributed by atoms with van der Waals surface area (Å²) in [5, 5.41) is 0. The second kappa shape index (κ2) is 3.56. The summed E-state index contributed by atoms with van der Waals surface area (Å²) in [6, 6.07) is 2.12. The number of hydrogen-bond donors (Lipinski definition) is 0. The molecule has 0 aliphatic rings. The Balaban J connectivity index is 3.38. The van der Waals surface area contributed by atoms with Crippen molar-refractivity contribution in [3.63, 3.8) is 0 Å². The normalized spacial score (nSPS) is 9.85. The zero-order chi connectivity index (χ0) is 10.0. The number of anilines is 1. The second-order valence-corrected chi connectivity index (χ2v) is 2.92. The Kier molecular flexibility index (Phi) is 2.66. The lowest BCUT2D eigenvalue weighted by Gasteiger charge is -2.16. The van der Waals surface area contributed by atoms with Crippen molar-refractivity contribution in [1.29, 1.82) is 0 Å². The first-order valence-corrected chi connectivity index (χ1v) is 3.85. The molecule has 13 heavy (non-hydrogen) atoms. The summed E-state index contributed by atoms with van der Waals surface area (Å²) in [6.07, 6.45) is 1.43. The fourth-order valence-corrected chi connectivity index (χ4v) is 1.21.